The summed E-state index contributed by atoms with van der Waals surface area (Å²) in [6.45, 7) is 0. The lowest BCUT2D eigenvalue weighted by atomic mass is 10.1. The maximum Gasteiger partial charge on any atom is 0.320 e. The Bertz CT molecular complexity index is 1270. The van der Waals surface area contributed by atoms with Crippen LogP contribution in [0, 0.1) is 0 Å². The smallest absolute Gasteiger partial charge is 0.320 e. The van der Waals surface area contributed by atoms with E-state index in [1.165, 1.54) is 0 Å². The highest BCUT2D eigenvalue weighted by Gasteiger charge is 2.13. The van der Waals surface area contributed by atoms with Gasteiger partial charge in [-0.15, -0.1) is 0 Å². The molecule has 4 rings (SSSR count). The van der Waals surface area contributed by atoms with Crippen molar-refractivity contribution in [2.45, 2.75) is 18.9 Å². The number of amides is 1. The van der Waals surface area contributed by atoms with Crippen LogP contribution >= 0.6 is 11.6 Å². The average molecular weight is 450 g/mol. The molecule has 0 radical (unpaired) electrons. The van der Waals surface area contributed by atoms with Gasteiger partial charge in [0, 0.05) is 16.3 Å². The molecular weight excluding hydrogens is 430 g/mol. The summed E-state index contributed by atoms with van der Waals surface area (Å²) in [7, 11) is 0. The van der Waals surface area contributed by atoms with Crippen molar-refractivity contribution in [3.05, 3.63) is 83.1 Å². The fourth-order valence-electron chi connectivity index (χ4n) is 3.23. The van der Waals surface area contributed by atoms with Crippen LogP contribution in [0.15, 0.2) is 66.9 Å². The number of aromatic nitrogens is 3. The van der Waals surface area contributed by atoms with E-state index in [0.717, 1.165) is 16.8 Å². The minimum atomic E-state index is -1.05. The second-order valence-electron chi connectivity index (χ2n) is 7.33. The summed E-state index contributed by atoms with van der Waals surface area (Å²) in [6, 6.07) is 17.1. The van der Waals surface area contributed by atoms with Crippen molar-refractivity contribution in [1.29, 1.82) is 0 Å². The van der Waals surface area contributed by atoms with Crippen molar-refractivity contribution in [3.8, 4) is 11.3 Å². The Morgan fingerprint density at radius 1 is 1.06 bits per heavy atom. The van der Waals surface area contributed by atoms with Gasteiger partial charge in [-0.3, -0.25) is 9.59 Å². The molecular formula is C23H20ClN5O3. The van der Waals surface area contributed by atoms with Crippen molar-refractivity contribution in [3.63, 3.8) is 0 Å². The molecule has 0 saturated heterocycles. The molecule has 0 saturated carbocycles. The maximum atomic E-state index is 12.4. The number of hydrogen-bond acceptors (Lipinski definition) is 5. The zero-order chi connectivity index (χ0) is 22.7. The van der Waals surface area contributed by atoms with E-state index in [4.69, 9.17) is 22.4 Å². The molecule has 2 heterocycles. The predicted molar refractivity (Wildman–Crippen MR) is 122 cm³/mol. The number of aliphatic carboxylic acids is 1. The Balaban J connectivity index is 1.41. The molecule has 8 nitrogen and oxygen atoms in total. The van der Waals surface area contributed by atoms with Crippen LogP contribution < -0.4 is 11.1 Å². The normalized spacial score (nSPS) is 11.9. The Kier molecular flexibility index (Phi) is 6.16. The van der Waals surface area contributed by atoms with E-state index >= 15 is 0 Å². The SMILES string of the molecule is N[C@@H](Cc1ccc(NC(=O)Cc2cn3nc(-c4ccc(Cl)cc4)ccc3n2)cc1)C(=O)O. The van der Waals surface area contributed by atoms with Gasteiger partial charge in [-0.25, -0.2) is 9.50 Å². The number of hydrogen-bond donors (Lipinski definition) is 3. The molecule has 0 aliphatic rings. The number of carboxylic acid groups (broad SMARTS) is 1. The van der Waals surface area contributed by atoms with Crippen LogP contribution in [0.1, 0.15) is 11.3 Å². The van der Waals surface area contributed by atoms with Gasteiger partial charge in [0.25, 0.3) is 0 Å². The molecule has 0 bridgehead atoms. The standard InChI is InChI=1S/C23H20ClN5O3/c24-16-5-3-15(4-6-16)20-9-10-21-26-18(13-29(21)28-20)12-22(30)27-17-7-1-14(2-8-17)11-19(25)23(31)32/h1-10,13,19H,11-12,25H2,(H,27,30)(H,31,32)/t19-/m0/s1. The molecule has 1 amide bonds. The Labute approximate surface area is 188 Å². The lowest BCUT2D eigenvalue weighted by Gasteiger charge is -2.08. The molecule has 2 aromatic heterocycles. The van der Waals surface area contributed by atoms with Crippen LogP contribution in [0.2, 0.25) is 5.02 Å². The number of fused-ring (bicyclic) bond motifs is 1. The van der Waals surface area contributed by atoms with Gasteiger partial charge < -0.3 is 16.2 Å². The number of nitrogens with one attached hydrogen (secondary N) is 1. The van der Waals surface area contributed by atoms with E-state index in [-0.39, 0.29) is 18.7 Å². The number of nitrogens with zero attached hydrogens (tertiary/aromatic N) is 3. The van der Waals surface area contributed by atoms with E-state index < -0.39 is 12.0 Å². The minimum absolute atomic E-state index is 0.0886. The van der Waals surface area contributed by atoms with Crippen LogP contribution in [-0.2, 0) is 22.4 Å². The first-order chi connectivity index (χ1) is 15.4. The highest BCUT2D eigenvalue weighted by atomic mass is 35.5. The lowest BCUT2D eigenvalue weighted by Crippen LogP contribution is -2.32. The number of nitrogens with two attached hydrogens (primary N) is 1. The summed E-state index contributed by atoms with van der Waals surface area (Å²) >= 11 is 5.94. The van der Waals surface area contributed by atoms with Crippen molar-refractivity contribution in [1.82, 2.24) is 14.6 Å². The molecule has 0 spiro atoms. The number of carbonyl (C=O) groups excluding carboxylic acids is 1. The van der Waals surface area contributed by atoms with E-state index in [1.807, 2.05) is 24.3 Å². The highest BCUT2D eigenvalue weighted by Crippen LogP contribution is 2.20. The van der Waals surface area contributed by atoms with Gasteiger partial charge in [0.1, 0.15) is 6.04 Å². The fraction of sp³-hybridized carbons (Fsp3) is 0.130. The van der Waals surface area contributed by atoms with Gasteiger partial charge in [0.15, 0.2) is 5.65 Å². The molecule has 4 aromatic rings. The topological polar surface area (TPSA) is 123 Å². The summed E-state index contributed by atoms with van der Waals surface area (Å²) < 4.78 is 1.65. The first kappa shape index (κ1) is 21.5. The van der Waals surface area contributed by atoms with E-state index in [9.17, 15) is 9.59 Å². The highest BCUT2D eigenvalue weighted by molar-refractivity contribution is 6.30. The van der Waals surface area contributed by atoms with Gasteiger partial charge in [-0.05, 0) is 48.4 Å². The third-order valence-corrected chi connectivity index (χ3v) is 5.11. The van der Waals surface area contributed by atoms with Gasteiger partial charge in [0.2, 0.25) is 5.91 Å². The number of carboxylic acids is 1. The minimum Gasteiger partial charge on any atom is -0.480 e. The number of anilines is 1. The van der Waals surface area contributed by atoms with Gasteiger partial charge in [0.05, 0.1) is 24.0 Å². The molecule has 0 aliphatic carbocycles. The number of halogens is 1. The maximum absolute atomic E-state index is 12.4. The summed E-state index contributed by atoms with van der Waals surface area (Å²) in [5.74, 6) is -1.27. The predicted octanol–water partition coefficient (Wildman–Crippen LogP) is 3.19. The molecule has 0 fully saturated rings. The van der Waals surface area contributed by atoms with Crippen molar-refractivity contribution in [2.24, 2.45) is 5.73 Å². The Morgan fingerprint density at radius 3 is 2.47 bits per heavy atom. The molecule has 0 unspecified atom stereocenters. The number of benzene rings is 2. The van der Waals surface area contributed by atoms with Gasteiger partial charge >= 0.3 is 5.97 Å². The zero-order valence-corrected chi connectivity index (χ0v) is 17.7. The number of carbonyl (C=O) groups is 2. The van der Waals surface area contributed by atoms with Crippen molar-refractivity contribution in [2.75, 3.05) is 5.32 Å². The summed E-state index contributed by atoms with van der Waals surface area (Å²) in [5, 5.41) is 16.9. The second-order valence-corrected chi connectivity index (χ2v) is 7.77. The third-order valence-electron chi connectivity index (χ3n) is 4.86. The van der Waals surface area contributed by atoms with Crippen LogP contribution in [-0.4, -0.2) is 37.6 Å². The summed E-state index contributed by atoms with van der Waals surface area (Å²) in [6.07, 6.45) is 2.03. The number of imidazole rings is 1. The van der Waals surface area contributed by atoms with Crippen LogP contribution in [0.3, 0.4) is 0 Å². The summed E-state index contributed by atoms with van der Waals surface area (Å²) in [4.78, 5) is 27.8. The molecule has 162 valence electrons. The molecule has 2 aromatic carbocycles. The van der Waals surface area contributed by atoms with Crippen molar-refractivity contribution < 1.29 is 14.7 Å². The van der Waals surface area contributed by atoms with Crippen LogP contribution in [0.4, 0.5) is 5.69 Å². The van der Waals surface area contributed by atoms with Crippen molar-refractivity contribution >= 4 is 34.8 Å². The number of rotatable bonds is 7. The zero-order valence-electron chi connectivity index (χ0n) is 16.9. The molecule has 0 aliphatic heterocycles. The molecule has 9 heteroatoms. The second kappa shape index (κ2) is 9.17. The Morgan fingerprint density at radius 2 is 1.78 bits per heavy atom. The quantitative estimate of drug-likeness (QED) is 0.398. The molecule has 4 N–H and O–H groups in total. The first-order valence-corrected chi connectivity index (χ1v) is 10.2. The van der Waals surface area contributed by atoms with E-state index in [0.29, 0.717) is 22.1 Å². The van der Waals surface area contributed by atoms with E-state index in [2.05, 4.69) is 15.4 Å². The van der Waals surface area contributed by atoms with Gasteiger partial charge in [-0.2, -0.15) is 5.10 Å². The molecule has 32 heavy (non-hydrogen) atoms. The largest absolute Gasteiger partial charge is 0.480 e. The van der Waals surface area contributed by atoms with Crippen LogP contribution in [0.5, 0.6) is 0 Å². The summed E-state index contributed by atoms with van der Waals surface area (Å²) in [5.41, 5.74) is 9.86. The van der Waals surface area contributed by atoms with Crippen LogP contribution in [0.25, 0.3) is 16.9 Å². The lowest BCUT2D eigenvalue weighted by molar-refractivity contribution is -0.138. The van der Waals surface area contributed by atoms with E-state index in [1.54, 1.807) is 47.1 Å². The Hall–Kier alpha value is -3.75. The average Bonchev–Trinajstić information content (AvgIpc) is 3.16. The molecule has 1 atom stereocenters. The first-order valence-electron chi connectivity index (χ1n) is 9.86. The van der Waals surface area contributed by atoms with Gasteiger partial charge in [-0.1, -0.05) is 35.9 Å². The fourth-order valence-corrected chi connectivity index (χ4v) is 3.35. The monoisotopic (exact) mass is 449 g/mol. The third kappa shape index (κ3) is 5.11.